The van der Waals surface area contributed by atoms with Gasteiger partial charge in [0.15, 0.2) is 0 Å². The lowest BCUT2D eigenvalue weighted by molar-refractivity contribution is 0.593. The van der Waals surface area contributed by atoms with Gasteiger partial charge in [0.05, 0.1) is 11.1 Å². The number of hydrogen-bond donors (Lipinski definition) is 1. The van der Waals surface area contributed by atoms with Crippen LogP contribution in [0.5, 0.6) is 0 Å². The van der Waals surface area contributed by atoms with E-state index in [2.05, 4.69) is 37.4 Å². The summed E-state index contributed by atoms with van der Waals surface area (Å²) in [5.74, 6) is -0.381. The van der Waals surface area contributed by atoms with Crippen LogP contribution in [0, 0.1) is 12.7 Å². The van der Waals surface area contributed by atoms with Crippen LogP contribution in [-0.2, 0) is 0 Å². The Morgan fingerprint density at radius 2 is 1.90 bits per heavy atom. The summed E-state index contributed by atoms with van der Waals surface area (Å²) in [5, 5.41) is 3.66. The maximum atomic E-state index is 13.3. The molecule has 106 valence electrons. The molecule has 1 nitrogen and oxygen atoms in total. The van der Waals surface area contributed by atoms with Gasteiger partial charge in [-0.05, 0) is 43.1 Å². The molecule has 0 aromatic heterocycles. The fourth-order valence-corrected chi connectivity index (χ4v) is 2.45. The van der Waals surface area contributed by atoms with Gasteiger partial charge in [0.25, 0.3) is 0 Å². The first-order valence-corrected chi connectivity index (χ1v) is 7.24. The lowest BCUT2D eigenvalue weighted by Gasteiger charge is -2.20. The molecule has 0 amide bonds. The number of hydrogen-bond acceptors (Lipinski definition) is 1. The van der Waals surface area contributed by atoms with Gasteiger partial charge in [-0.1, -0.05) is 54.4 Å². The monoisotopic (exact) mass is 291 g/mol. The zero-order valence-electron chi connectivity index (χ0n) is 11.8. The molecule has 0 radical (unpaired) electrons. The molecule has 0 heterocycles. The van der Waals surface area contributed by atoms with Crippen LogP contribution >= 0.6 is 11.6 Å². The summed E-state index contributed by atoms with van der Waals surface area (Å²) in [6.07, 6.45) is 1.04. The predicted molar refractivity (Wildman–Crippen MR) is 82.7 cm³/mol. The Kier molecular flexibility index (Phi) is 5.16. The molecule has 3 heteroatoms. The van der Waals surface area contributed by atoms with Crippen molar-refractivity contribution in [2.75, 3.05) is 6.54 Å². The first-order valence-electron chi connectivity index (χ1n) is 6.86. The summed E-state index contributed by atoms with van der Waals surface area (Å²) in [7, 11) is 0. The van der Waals surface area contributed by atoms with Crippen LogP contribution in [0.25, 0.3) is 0 Å². The molecule has 2 aromatic carbocycles. The molecular formula is C17H19ClFN. The molecule has 1 unspecified atom stereocenters. The highest BCUT2D eigenvalue weighted by Crippen LogP contribution is 2.26. The summed E-state index contributed by atoms with van der Waals surface area (Å²) in [6, 6.07) is 13.3. The Labute approximate surface area is 124 Å². The van der Waals surface area contributed by atoms with Gasteiger partial charge in [0.2, 0.25) is 0 Å². The van der Waals surface area contributed by atoms with Crippen molar-refractivity contribution in [1.82, 2.24) is 5.32 Å². The largest absolute Gasteiger partial charge is 0.306 e. The minimum absolute atomic E-state index is 0.0351. The van der Waals surface area contributed by atoms with E-state index in [1.165, 1.54) is 17.2 Å². The molecule has 20 heavy (non-hydrogen) atoms. The highest BCUT2D eigenvalue weighted by atomic mass is 35.5. The number of aryl methyl sites for hydroxylation is 1. The van der Waals surface area contributed by atoms with Crippen LogP contribution in [0.4, 0.5) is 4.39 Å². The third-order valence-corrected chi connectivity index (χ3v) is 3.54. The number of halogens is 2. The minimum Gasteiger partial charge on any atom is -0.306 e. The highest BCUT2D eigenvalue weighted by Gasteiger charge is 2.14. The Hall–Kier alpha value is -1.38. The van der Waals surface area contributed by atoms with Crippen molar-refractivity contribution < 1.29 is 4.39 Å². The molecule has 0 aliphatic carbocycles. The van der Waals surface area contributed by atoms with E-state index in [0.29, 0.717) is 0 Å². The van der Waals surface area contributed by atoms with Gasteiger partial charge < -0.3 is 5.32 Å². The van der Waals surface area contributed by atoms with E-state index < -0.39 is 0 Å². The summed E-state index contributed by atoms with van der Waals surface area (Å²) in [6.45, 7) is 5.09. The molecule has 0 aliphatic rings. The average Bonchev–Trinajstić information content (AvgIpc) is 2.43. The molecule has 2 aromatic rings. The third-order valence-electron chi connectivity index (χ3n) is 3.25. The average molecular weight is 292 g/mol. The van der Waals surface area contributed by atoms with Crippen LogP contribution in [0.3, 0.4) is 0 Å². The Morgan fingerprint density at radius 1 is 1.15 bits per heavy atom. The van der Waals surface area contributed by atoms with Crippen LogP contribution < -0.4 is 5.32 Å². The van der Waals surface area contributed by atoms with Gasteiger partial charge in [0, 0.05) is 0 Å². The van der Waals surface area contributed by atoms with Gasteiger partial charge in [-0.2, -0.15) is 0 Å². The fraction of sp³-hybridized carbons (Fsp3) is 0.294. The second kappa shape index (κ2) is 6.87. The van der Waals surface area contributed by atoms with E-state index in [1.807, 2.05) is 6.07 Å². The van der Waals surface area contributed by atoms with E-state index in [1.54, 1.807) is 12.1 Å². The molecule has 1 atom stereocenters. The lowest BCUT2D eigenvalue weighted by Crippen LogP contribution is -2.23. The molecule has 0 bridgehead atoms. The summed E-state index contributed by atoms with van der Waals surface area (Å²) >= 11 is 5.91. The maximum Gasteiger partial charge on any atom is 0.141 e. The number of rotatable bonds is 5. The fourth-order valence-electron chi connectivity index (χ4n) is 2.26. The van der Waals surface area contributed by atoms with E-state index in [4.69, 9.17) is 11.6 Å². The quantitative estimate of drug-likeness (QED) is 0.828. The summed E-state index contributed by atoms with van der Waals surface area (Å²) in [5.41, 5.74) is 3.36. The second-order valence-electron chi connectivity index (χ2n) is 4.97. The minimum atomic E-state index is -0.381. The van der Waals surface area contributed by atoms with Crippen molar-refractivity contribution in [3.8, 4) is 0 Å². The maximum absolute atomic E-state index is 13.3. The molecule has 0 fully saturated rings. The first kappa shape index (κ1) is 15.0. The van der Waals surface area contributed by atoms with Gasteiger partial charge in [0.1, 0.15) is 5.82 Å². The van der Waals surface area contributed by atoms with Crippen LogP contribution in [0.1, 0.15) is 36.1 Å². The zero-order chi connectivity index (χ0) is 14.5. The van der Waals surface area contributed by atoms with E-state index in [9.17, 15) is 4.39 Å². The van der Waals surface area contributed by atoms with E-state index in [0.717, 1.165) is 18.5 Å². The Morgan fingerprint density at radius 3 is 2.55 bits per heavy atom. The Bertz CT molecular complexity index is 583. The van der Waals surface area contributed by atoms with Crippen molar-refractivity contribution in [3.05, 3.63) is 70.0 Å². The van der Waals surface area contributed by atoms with Crippen molar-refractivity contribution >= 4 is 11.6 Å². The van der Waals surface area contributed by atoms with Crippen LogP contribution in [0.2, 0.25) is 5.02 Å². The first-order chi connectivity index (χ1) is 9.61. The zero-order valence-corrected chi connectivity index (χ0v) is 12.5. The lowest BCUT2D eigenvalue weighted by atomic mass is 9.97. The molecular weight excluding hydrogens is 273 g/mol. The summed E-state index contributed by atoms with van der Waals surface area (Å²) < 4.78 is 13.3. The van der Waals surface area contributed by atoms with E-state index >= 15 is 0 Å². The molecule has 0 saturated heterocycles. The van der Waals surface area contributed by atoms with Gasteiger partial charge >= 0.3 is 0 Å². The van der Waals surface area contributed by atoms with Gasteiger partial charge in [-0.15, -0.1) is 0 Å². The van der Waals surface area contributed by atoms with Crippen LogP contribution in [-0.4, -0.2) is 6.54 Å². The number of nitrogens with one attached hydrogen (secondary N) is 1. The molecule has 2 rings (SSSR count). The van der Waals surface area contributed by atoms with Crippen molar-refractivity contribution in [2.45, 2.75) is 26.3 Å². The third kappa shape index (κ3) is 3.59. The normalized spacial score (nSPS) is 12.4. The molecule has 0 saturated carbocycles. The van der Waals surface area contributed by atoms with Crippen molar-refractivity contribution in [3.63, 3.8) is 0 Å². The van der Waals surface area contributed by atoms with Crippen molar-refractivity contribution in [1.29, 1.82) is 0 Å². The summed E-state index contributed by atoms with van der Waals surface area (Å²) in [4.78, 5) is 0. The smallest absolute Gasteiger partial charge is 0.141 e. The topological polar surface area (TPSA) is 12.0 Å². The molecule has 0 aliphatic heterocycles. The predicted octanol–water partition coefficient (Wildman–Crippen LogP) is 4.88. The van der Waals surface area contributed by atoms with Crippen LogP contribution in [0.15, 0.2) is 42.5 Å². The van der Waals surface area contributed by atoms with Gasteiger partial charge in [-0.3, -0.25) is 0 Å². The SMILES string of the molecule is CCCNC(c1cccc(C)c1)c1ccc(F)c(Cl)c1. The highest BCUT2D eigenvalue weighted by molar-refractivity contribution is 6.30. The number of benzene rings is 2. The van der Waals surface area contributed by atoms with Crippen molar-refractivity contribution in [2.24, 2.45) is 0 Å². The Balaban J connectivity index is 2.38. The van der Waals surface area contributed by atoms with Gasteiger partial charge in [-0.25, -0.2) is 4.39 Å². The van der Waals surface area contributed by atoms with E-state index in [-0.39, 0.29) is 16.9 Å². The second-order valence-corrected chi connectivity index (χ2v) is 5.38. The molecule has 1 N–H and O–H groups in total. The molecule has 0 spiro atoms. The standard InChI is InChI=1S/C17H19ClFN/c1-3-9-20-17(13-6-4-5-12(2)10-13)14-7-8-16(19)15(18)11-14/h4-8,10-11,17,20H,3,9H2,1-2H3.